The van der Waals surface area contributed by atoms with E-state index in [1.54, 1.807) is 6.07 Å². The van der Waals surface area contributed by atoms with Crippen molar-refractivity contribution >= 4 is 21.5 Å². The topological polar surface area (TPSA) is 0 Å². The number of fused-ring (bicyclic) bond motifs is 3. The summed E-state index contributed by atoms with van der Waals surface area (Å²) in [5.74, 6) is -0.141. The predicted octanol–water partition coefficient (Wildman–Crippen LogP) is 4.44. The van der Waals surface area contributed by atoms with E-state index in [1.807, 2.05) is 49.4 Å². The highest BCUT2D eigenvalue weighted by atomic mass is 19.1. The summed E-state index contributed by atoms with van der Waals surface area (Å²) in [7, 11) is 0. The molecule has 0 atom stereocenters. The van der Waals surface area contributed by atoms with E-state index in [0.717, 1.165) is 21.7 Å². The van der Waals surface area contributed by atoms with Gasteiger partial charge < -0.3 is 0 Å². The molecular formula is C15H11F. The van der Waals surface area contributed by atoms with Crippen molar-refractivity contribution in [1.82, 2.24) is 0 Å². The number of halogens is 1. The van der Waals surface area contributed by atoms with Gasteiger partial charge in [-0.25, -0.2) is 4.39 Å². The van der Waals surface area contributed by atoms with Crippen LogP contribution in [-0.4, -0.2) is 0 Å². The fourth-order valence-corrected chi connectivity index (χ4v) is 2.17. The van der Waals surface area contributed by atoms with Crippen molar-refractivity contribution in [3.8, 4) is 0 Å². The minimum atomic E-state index is -0.141. The van der Waals surface area contributed by atoms with E-state index in [9.17, 15) is 4.39 Å². The van der Waals surface area contributed by atoms with Crippen LogP contribution in [0.5, 0.6) is 0 Å². The minimum absolute atomic E-state index is 0.141. The molecule has 0 saturated carbocycles. The van der Waals surface area contributed by atoms with E-state index in [4.69, 9.17) is 0 Å². The van der Waals surface area contributed by atoms with E-state index in [0.29, 0.717) is 5.39 Å². The van der Waals surface area contributed by atoms with Crippen LogP contribution in [0, 0.1) is 12.7 Å². The molecule has 78 valence electrons. The number of aryl methyl sites for hydroxylation is 1. The fourth-order valence-electron chi connectivity index (χ4n) is 2.17. The van der Waals surface area contributed by atoms with Crippen molar-refractivity contribution in [2.75, 3.05) is 0 Å². The van der Waals surface area contributed by atoms with Gasteiger partial charge >= 0.3 is 0 Å². The Morgan fingerprint density at radius 3 is 2.50 bits per heavy atom. The van der Waals surface area contributed by atoms with Crippen LogP contribution >= 0.6 is 0 Å². The first-order valence-electron chi connectivity index (χ1n) is 5.33. The maximum Gasteiger partial charge on any atom is 0.131 e. The van der Waals surface area contributed by atoms with E-state index >= 15 is 0 Å². The first kappa shape index (κ1) is 9.34. The molecule has 0 nitrogen and oxygen atoms in total. The zero-order valence-corrected chi connectivity index (χ0v) is 9.00. The number of rotatable bonds is 0. The van der Waals surface area contributed by atoms with Gasteiger partial charge in [-0.2, -0.15) is 0 Å². The molecule has 0 aliphatic heterocycles. The Kier molecular flexibility index (Phi) is 1.93. The van der Waals surface area contributed by atoms with Gasteiger partial charge in [-0.1, -0.05) is 42.0 Å². The van der Waals surface area contributed by atoms with Gasteiger partial charge in [0.2, 0.25) is 0 Å². The third-order valence-electron chi connectivity index (χ3n) is 2.97. The molecule has 0 amide bonds. The van der Waals surface area contributed by atoms with Gasteiger partial charge in [-0.3, -0.25) is 0 Å². The Balaban J connectivity index is 2.59. The molecule has 0 fully saturated rings. The quantitative estimate of drug-likeness (QED) is 0.481. The van der Waals surface area contributed by atoms with Crippen LogP contribution < -0.4 is 0 Å². The lowest BCUT2D eigenvalue weighted by Crippen LogP contribution is -1.84. The van der Waals surface area contributed by atoms with Gasteiger partial charge in [0.25, 0.3) is 0 Å². The van der Waals surface area contributed by atoms with Crippen molar-refractivity contribution in [1.29, 1.82) is 0 Å². The molecule has 3 rings (SSSR count). The predicted molar refractivity (Wildman–Crippen MR) is 66.1 cm³/mol. The summed E-state index contributed by atoms with van der Waals surface area (Å²) in [6.45, 7) is 1.98. The summed E-state index contributed by atoms with van der Waals surface area (Å²) < 4.78 is 13.9. The maximum absolute atomic E-state index is 13.9. The zero-order valence-electron chi connectivity index (χ0n) is 9.00. The van der Waals surface area contributed by atoms with Crippen LogP contribution in [0.25, 0.3) is 21.5 Å². The third-order valence-corrected chi connectivity index (χ3v) is 2.97. The summed E-state index contributed by atoms with van der Waals surface area (Å²) in [6.07, 6.45) is 0. The van der Waals surface area contributed by atoms with Crippen LogP contribution in [0.15, 0.2) is 48.5 Å². The Bertz CT molecular complexity index is 683. The van der Waals surface area contributed by atoms with E-state index in [-0.39, 0.29) is 5.82 Å². The molecule has 16 heavy (non-hydrogen) atoms. The van der Waals surface area contributed by atoms with Crippen LogP contribution in [0.4, 0.5) is 4.39 Å². The highest BCUT2D eigenvalue weighted by molar-refractivity contribution is 6.07. The van der Waals surface area contributed by atoms with Crippen molar-refractivity contribution in [2.45, 2.75) is 6.92 Å². The monoisotopic (exact) mass is 210 g/mol. The average Bonchev–Trinajstić information content (AvgIpc) is 2.29. The Labute approximate surface area is 93.3 Å². The molecule has 3 aromatic carbocycles. The first-order chi connectivity index (χ1) is 7.75. The molecule has 0 bridgehead atoms. The second-order valence-electron chi connectivity index (χ2n) is 4.13. The van der Waals surface area contributed by atoms with Gasteiger partial charge in [0.15, 0.2) is 0 Å². The van der Waals surface area contributed by atoms with Gasteiger partial charge in [0.05, 0.1) is 0 Å². The first-order valence-corrected chi connectivity index (χ1v) is 5.33. The second-order valence-corrected chi connectivity index (χ2v) is 4.13. The fraction of sp³-hybridized carbons (Fsp3) is 0.0667. The number of hydrogen-bond acceptors (Lipinski definition) is 0. The smallest absolute Gasteiger partial charge is 0.131 e. The summed E-state index contributed by atoms with van der Waals surface area (Å²) in [5.41, 5.74) is 1.08. The van der Waals surface area contributed by atoms with Gasteiger partial charge in [-0.15, -0.1) is 0 Å². The normalized spacial score (nSPS) is 11.1. The number of benzene rings is 3. The largest absolute Gasteiger partial charge is 0.206 e. The van der Waals surface area contributed by atoms with Crippen molar-refractivity contribution in [3.63, 3.8) is 0 Å². The van der Waals surface area contributed by atoms with Crippen molar-refractivity contribution in [2.24, 2.45) is 0 Å². The standard InChI is InChI=1S/C15H11F/c1-10-6-7-13-12-5-3-2-4-11(12)9-15(16)14(13)8-10/h2-9H,1H3. The van der Waals surface area contributed by atoms with E-state index in [1.165, 1.54) is 0 Å². The lowest BCUT2D eigenvalue weighted by Gasteiger charge is -2.06. The molecule has 3 aromatic rings. The molecule has 0 spiro atoms. The van der Waals surface area contributed by atoms with Crippen LogP contribution in [0.1, 0.15) is 5.56 Å². The Hall–Kier alpha value is -1.89. The van der Waals surface area contributed by atoms with Gasteiger partial charge in [0.1, 0.15) is 5.82 Å². The van der Waals surface area contributed by atoms with E-state index < -0.39 is 0 Å². The Morgan fingerprint density at radius 2 is 1.62 bits per heavy atom. The molecule has 0 aliphatic carbocycles. The van der Waals surface area contributed by atoms with Crippen LogP contribution in [0.3, 0.4) is 0 Å². The molecule has 0 aliphatic rings. The molecule has 0 saturated heterocycles. The summed E-state index contributed by atoms with van der Waals surface area (Å²) in [5, 5.41) is 3.76. The maximum atomic E-state index is 13.9. The molecule has 0 unspecified atom stereocenters. The zero-order chi connectivity index (χ0) is 11.1. The highest BCUT2D eigenvalue weighted by Crippen LogP contribution is 2.28. The van der Waals surface area contributed by atoms with Crippen LogP contribution in [0.2, 0.25) is 0 Å². The number of hydrogen-bond donors (Lipinski definition) is 0. The summed E-state index contributed by atoms with van der Waals surface area (Å²) in [4.78, 5) is 0. The molecule has 0 radical (unpaired) electrons. The Morgan fingerprint density at radius 1 is 0.812 bits per heavy atom. The molecule has 0 heterocycles. The minimum Gasteiger partial charge on any atom is -0.206 e. The average molecular weight is 210 g/mol. The summed E-state index contributed by atoms with van der Waals surface area (Å²) in [6, 6.07) is 15.4. The lowest BCUT2D eigenvalue weighted by atomic mass is 10.00. The lowest BCUT2D eigenvalue weighted by molar-refractivity contribution is 0.641. The third kappa shape index (κ3) is 1.28. The van der Waals surface area contributed by atoms with E-state index in [2.05, 4.69) is 0 Å². The van der Waals surface area contributed by atoms with Crippen molar-refractivity contribution < 1.29 is 4.39 Å². The van der Waals surface area contributed by atoms with Gasteiger partial charge in [-0.05, 0) is 35.2 Å². The highest BCUT2D eigenvalue weighted by Gasteiger charge is 2.05. The van der Waals surface area contributed by atoms with Gasteiger partial charge in [0, 0.05) is 5.39 Å². The molecule has 1 heteroatoms. The molecule has 0 aromatic heterocycles. The van der Waals surface area contributed by atoms with Crippen molar-refractivity contribution in [3.05, 3.63) is 59.9 Å². The SMILES string of the molecule is Cc1ccc2c(c1)c(F)cc1ccccc12. The molecular weight excluding hydrogens is 199 g/mol. The molecule has 0 N–H and O–H groups in total. The van der Waals surface area contributed by atoms with Crippen LogP contribution in [-0.2, 0) is 0 Å². The second kappa shape index (κ2) is 3.31. The summed E-state index contributed by atoms with van der Waals surface area (Å²) >= 11 is 0.